The molecule has 0 heterocycles. The molecule has 0 atom stereocenters. The van der Waals surface area contributed by atoms with Crippen molar-refractivity contribution in [3.8, 4) is 0 Å². The van der Waals surface area contributed by atoms with Crippen molar-refractivity contribution in [3.63, 3.8) is 0 Å². The molecule has 0 radical (unpaired) electrons. The van der Waals surface area contributed by atoms with Crippen LogP contribution >= 0.6 is 0 Å². The molecule has 0 N–H and O–H groups in total. The van der Waals surface area contributed by atoms with Gasteiger partial charge in [-0.1, -0.05) is 116 Å². The van der Waals surface area contributed by atoms with Crippen LogP contribution < -0.4 is 0 Å². The predicted molar refractivity (Wildman–Crippen MR) is 137 cm³/mol. The zero-order valence-electron chi connectivity index (χ0n) is 21.4. The fraction of sp³-hybridized carbons (Fsp3) is 0.724. The standard InChI is InChI=1S/C29H48O4/c1-3-5-7-9-10-11-12-13-14-15-16-17-19-24-33-29(31)27-22-20-21-26(25-27)28(30)32-23-18-8-6-4-2/h20-22,25H,3-19,23-24H2,1-2H3. The smallest absolute Gasteiger partial charge is 0.338 e. The van der Waals surface area contributed by atoms with Crippen molar-refractivity contribution in [2.45, 2.75) is 123 Å². The van der Waals surface area contributed by atoms with E-state index >= 15 is 0 Å². The summed E-state index contributed by atoms with van der Waals surface area (Å²) < 4.78 is 10.7. The van der Waals surface area contributed by atoms with Crippen LogP contribution in [0.15, 0.2) is 24.3 Å². The zero-order chi connectivity index (χ0) is 24.0. The summed E-state index contributed by atoms with van der Waals surface area (Å²) in [7, 11) is 0. The van der Waals surface area contributed by atoms with Gasteiger partial charge in [0.1, 0.15) is 0 Å². The number of hydrogen-bond donors (Lipinski definition) is 0. The second-order valence-corrected chi connectivity index (χ2v) is 9.16. The maximum absolute atomic E-state index is 12.3. The maximum Gasteiger partial charge on any atom is 0.338 e. The average Bonchev–Trinajstić information content (AvgIpc) is 2.84. The van der Waals surface area contributed by atoms with Gasteiger partial charge in [-0.2, -0.15) is 0 Å². The quantitative estimate of drug-likeness (QED) is 0.136. The highest BCUT2D eigenvalue weighted by Gasteiger charge is 2.12. The van der Waals surface area contributed by atoms with E-state index in [9.17, 15) is 9.59 Å². The number of hydrogen-bond acceptors (Lipinski definition) is 4. The van der Waals surface area contributed by atoms with E-state index in [1.54, 1.807) is 24.3 Å². The first-order chi connectivity index (χ1) is 16.2. The molecular weight excluding hydrogens is 412 g/mol. The number of unbranched alkanes of at least 4 members (excludes halogenated alkanes) is 15. The molecule has 0 aliphatic rings. The lowest BCUT2D eigenvalue weighted by atomic mass is 10.0. The highest BCUT2D eigenvalue weighted by atomic mass is 16.5. The largest absolute Gasteiger partial charge is 0.462 e. The van der Waals surface area contributed by atoms with Crippen LogP contribution in [0.1, 0.15) is 144 Å². The van der Waals surface area contributed by atoms with Gasteiger partial charge >= 0.3 is 11.9 Å². The summed E-state index contributed by atoms with van der Waals surface area (Å²) >= 11 is 0. The number of carbonyl (C=O) groups is 2. The van der Waals surface area contributed by atoms with Crippen LogP contribution in [0.2, 0.25) is 0 Å². The van der Waals surface area contributed by atoms with Gasteiger partial charge in [-0.25, -0.2) is 9.59 Å². The van der Waals surface area contributed by atoms with Gasteiger partial charge in [0.2, 0.25) is 0 Å². The number of rotatable bonds is 21. The van der Waals surface area contributed by atoms with Gasteiger partial charge in [0.25, 0.3) is 0 Å². The van der Waals surface area contributed by atoms with Crippen LogP contribution in [-0.2, 0) is 9.47 Å². The van der Waals surface area contributed by atoms with Crippen LogP contribution in [0.5, 0.6) is 0 Å². The molecule has 0 aliphatic carbocycles. The van der Waals surface area contributed by atoms with Gasteiger partial charge in [0.15, 0.2) is 0 Å². The summed E-state index contributed by atoms with van der Waals surface area (Å²) in [6, 6.07) is 6.64. The van der Waals surface area contributed by atoms with E-state index in [-0.39, 0.29) is 11.9 Å². The van der Waals surface area contributed by atoms with Crippen LogP contribution in [-0.4, -0.2) is 25.2 Å². The molecule has 0 saturated heterocycles. The predicted octanol–water partition coefficient (Wildman–Crippen LogP) is 8.67. The van der Waals surface area contributed by atoms with E-state index in [1.165, 1.54) is 70.6 Å². The molecule has 33 heavy (non-hydrogen) atoms. The third-order valence-electron chi connectivity index (χ3n) is 6.05. The van der Waals surface area contributed by atoms with Crippen LogP contribution in [0.4, 0.5) is 0 Å². The minimum Gasteiger partial charge on any atom is -0.462 e. The van der Waals surface area contributed by atoms with Crippen molar-refractivity contribution in [3.05, 3.63) is 35.4 Å². The molecule has 1 aromatic rings. The van der Waals surface area contributed by atoms with Gasteiger partial charge in [-0.05, 0) is 31.0 Å². The van der Waals surface area contributed by atoms with Crippen molar-refractivity contribution >= 4 is 11.9 Å². The molecule has 4 heteroatoms. The maximum atomic E-state index is 12.3. The minimum atomic E-state index is -0.377. The van der Waals surface area contributed by atoms with Crippen LogP contribution in [0.25, 0.3) is 0 Å². The monoisotopic (exact) mass is 460 g/mol. The molecular formula is C29H48O4. The highest BCUT2D eigenvalue weighted by molar-refractivity contribution is 5.95. The Morgan fingerprint density at radius 3 is 1.27 bits per heavy atom. The molecule has 188 valence electrons. The topological polar surface area (TPSA) is 52.6 Å². The number of benzene rings is 1. The number of carbonyl (C=O) groups excluding carboxylic acids is 2. The van der Waals surface area contributed by atoms with E-state index in [0.29, 0.717) is 24.3 Å². The molecule has 0 aliphatic heterocycles. The lowest BCUT2D eigenvalue weighted by Crippen LogP contribution is -2.10. The first kappa shape index (κ1) is 29.2. The summed E-state index contributed by atoms with van der Waals surface area (Å²) in [6.07, 6.45) is 21.0. The third kappa shape index (κ3) is 15.6. The van der Waals surface area contributed by atoms with E-state index in [4.69, 9.17) is 9.47 Å². The van der Waals surface area contributed by atoms with Gasteiger partial charge < -0.3 is 9.47 Å². The Labute approximate surface area is 202 Å². The van der Waals surface area contributed by atoms with E-state index in [2.05, 4.69) is 13.8 Å². The van der Waals surface area contributed by atoms with E-state index in [0.717, 1.165) is 38.5 Å². The normalized spacial score (nSPS) is 10.8. The molecule has 0 aromatic heterocycles. The van der Waals surface area contributed by atoms with Crippen molar-refractivity contribution in [2.75, 3.05) is 13.2 Å². The molecule has 0 unspecified atom stereocenters. The molecule has 1 rings (SSSR count). The summed E-state index contributed by atoms with van der Waals surface area (Å²) in [5.74, 6) is -0.746. The highest BCUT2D eigenvalue weighted by Crippen LogP contribution is 2.13. The van der Waals surface area contributed by atoms with Gasteiger partial charge in [-0.15, -0.1) is 0 Å². The molecule has 1 aromatic carbocycles. The molecule has 0 fully saturated rings. The molecule has 0 amide bonds. The lowest BCUT2D eigenvalue weighted by Gasteiger charge is -2.07. The summed E-state index contributed by atoms with van der Waals surface area (Å²) in [5, 5.41) is 0. The molecule has 4 nitrogen and oxygen atoms in total. The Morgan fingerprint density at radius 2 is 0.879 bits per heavy atom. The van der Waals surface area contributed by atoms with Gasteiger partial charge in [0.05, 0.1) is 24.3 Å². The summed E-state index contributed by atoms with van der Waals surface area (Å²) in [4.78, 5) is 24.5. The first-order valence-electron chi connectivity index (χ1n) is 13.6. The van der Waals surface area contributed by atoms with Crippen molar-refractivity contribution in [1.29, 1.82) is 0 Å². The van der Waals surface area contributed by atoms with Gasteiger partial charge in [-0.3, -0.25) is 0 Å². The number of ether oxygens (including phenoxy) is 2. The zero-order valence-corrected chi connectivity index (χ0v) is 21.4. The van der Waals surface area contributed by atoms with Crippen molar-refractivity contribution < 1.29 is 19.1 Å². The minimum absolute atomic E-state index is 0.369. The summed E-state index contributed by atoms with van der Waals surface area (Å²) in [5.41, 5.74) is 0.811. The van der Waals surface area contributed by atoms with E-state index < -0.39 is 0 Å². The van der Waals surface area contributed by atoms with Crippen LogP contribution in [0.3, 0.4) is 0 Å². The summed E-state index contributed by atoms with van der Waals surface area (Å²) in [6.45, 7) is 5.27. The molecule has 0 spiro atoms. The second kappa shape index (κ2) is 20.7. The van der Waals surface area contributed by atoms with E-state index in [1.807, 2.05) is 0 Å². The van der Waals surface area contributed by atoms with Gasteiger partial charge in [0, 0.05) is 0 Å². The SMILES string of the molecule is CCCCCCCCCCCCCCCOC(=O)c1cccc(C(=O)OCCCCCC)c1. The Morgan fingerprint density at radius 1 is 0.545 bits per heavy atom. The second-order valence-electron chi connectivity index (χ2n) is 9.16. The molecule has 0 saturated carbocycles. The fourth-order valence-electron chi connectivity index (χ4n) is 3.92. The number of esters is 2. The third-order valence-corrected chi connectivity index (χ3v) is 6.05. The lowest BCUT2D eigenvalue weighted by molar-refractivity contribution is 0.0496. The molecule has 0 bridgehead atoms. The Kier molecular flexibility index (Phi) is 18.4. The average molecular weight is 461 g/mol. The Hall–Kier alpha value is -1.84. The fourth-order valence-corrected chi connectivity index (χ4v) is 3.92. The van der Waals surface area contributed by atoms with Crippen molar-refractivity contribution in [2.24, 2.45) is 0 Å². The Balaban J connectivity index is 2.07. The van der Waals surface area contributed by atoms with Crippen LogP contribution in [0, 0.1) is 0 Å². The van der Waals surface area contributed by atoms with Crippen molar-refractivity contribution in [1.82, 2.24) is 0 Å². The first-order valence-corrected chi connectivity index (χ1v) is 13.6. The Bertz CT molecular complexity index is 626.